The maximum absolute atomic E-state index is 12.7. The van der Waals surface area contributed by atoms with E-state index in [0.29, 0.717) is 24.1 Å². The van der Waals surface area contributed by atoms with Gasteiger partial charge in [0.2, 0.25) is 0 Å². The van der Waals surface area contributed by atoms with Crippen molar-refractivity contribution in [2.45, 2.75) is 39.5 Å². The van der Waals surface area contributed by atoms with Crippen LogP contribution in [0.1, 0.15) is 31.9 Å². The largest absolute Gasteiger partial charge is 0.416 e. The molecule has 0 heterocycles. The molecule has 0 aliphatic rings. The molecule has 0 aliphatic carbocycles. The van der Waals surface area contributed by atoms with E-state index in [1.807, 2.05) is 0 Å². The quantitative estimate of drug-likeness (QED) is 0.590. The minimum atomic E-state index is -4.32. The second-order valence-electron chi connectivity index (χ2n) is 5.58. The van der Waals surface area contributed by atoms with Gasteiger partial charge in [-0.15, -0.1) is 0 Å². The first-order chi connectivity index (χ1) is 11.3. The summed E-state index contributed by atoms with van der Waals surface area (Å²) in [6.45, 7) is 9.28. The average molecular weight is 344 g/mol. The van der Waals surface area contributed by atoms with Gasteiger partial charge in [0.1, 0.15) is 0 Å². The van der Waals surface area contributed by atoms with E-state index in [0.717, 1.165) is 25.2 Å². The Labute approximate surface area is 142 Å². The van der Waals surface area contributed by atoms with Crippen LogP contribution in [-0.2, 0) is 12.7 Å². The van der Waals surface area contributed by atoms with E-state index in [-0.39, 0.29) is 6.54 Å². The Morgan fingerprint density at radius 3 is 2.42 bits per heavy atom. The SMILES string of the molecule is CCN(CC)C(C)CNC(=NC)NCc1cccc(C(F)(F)F)c1. The van der Waals surface area contributed by atoms with Crippen molar-refractivity contribution < 1.29 is 13.2 Å². The molecule has 1 aromatic rings. The van der Waals surface area contributed by atoms with Gasteiger partial charge in [0.25, 0.3) is 0 Å². The molecule has 24 heavy (non-hydrogen) atoms. The number of halogens is 3. The molecular weight excluding hydrogens is 317 g/mol. The number of benzene rings is 1. The van der Waals surface area contributed by atoms with Crippen molar-refractivity contribution in [1.82, 2.24) is 15.5 Å². The van der Waals surface area contributed by atoms with Gasteiger partial charge in [-0.05, 0) is 37.7 Å². The summed E-state index contributed by atoms with van der Waals surface area (Å²) in [5.74, 6) is 0.575. The molecule has 0 amide bonds. The fourth-order valence-electron chi connectivity index (χ4n) is 2.48. The van der Waals surface area contributed by atoms with Gasteiger partial charge in [0.05, 0.1) is 5.56 Å². The first kappa shape index (κ1) is 20.3. The number of aliphatic imine (C=N–C) groups is 1. The van der Waals surface area contributed by atoms with Crippen molar-refractivity contribution in [3.8, 4) is 0 Å². The van der Waals surface area contributed by atoms with Crippen LogP contribution in [0.4, 0.5) is 13.2 Å². The molecule has 0 saturated heterocycles. The van der Waals surface area contributed by atoms with Crippen molar-refractivity contribution in [2.24, 2.45) is 4.99 Å². The molecule has 1 rings (SSSR count). The van der Waals surface area contributed by atoms with E-state index in [9.17, 15) is 13.2 Å². The summed E-state index contributed by atoms with van der Waals surface area (Å²) in [5, 5.41) is 6.26. The lowest BCUT2D eigenvalue weighted by atomic mass is 10.1. The molecule has 4 nitrogen and oxygen atoms in total. The molecule has 1 unspecified atom stereocenters. The Bertz CT molecular complexity index is 525. The van der Waals surface area contributed by atoms with Crippen molar-refractivity contribution in [3.63, 3.8) is 0 Å². The van der Waals surface area contributed by atoms with Crippen LogP contribution < -0.4 is 10.6 Å². The highest BCUT2D eigenvalue weighted by Gasteiger charge is 2.30. The van der Waals surface area contributed by atoms with Gasteiger partial charge in [0.15, 0.2) is 5.96 Å². The third-order valence-electron chi connectivity index (χ3n) is 3.94. The Morgan fingerprint density at radius 2 is 1.88 bits per heavy atom. The summed E-state index contributed by atoms with van der Waals surface area (Å²) in [7, 11) is 1.64. The molecular formula is C17H27F3N4. The van der Waals surface area contributed by atoms with Gasteiger partial charge in [-0.3, -0.25) is 9.89 Å². The molecule has 0 aromatic heterocycles. The topological polar surface area (TPSA) is 39.7 Å². The molecule has 0 fully saturated rings. The summed E-state index contributed by atoms with van der Waals surface area (Å²) in [6.07, 6.45) is -4.32. The van der Waals surface area contributed by atoms with E-state index in [2.05, 4.69) is 41.3 Å². The summed E-state index contributed by atoms with van der Waals surface area (Å²) in [5.41, 5.74) is -0.0792. The third kappa shape index (κ3) is 6.39. The fourth-order valence-corrected chi connectivity index (χ4v) is 2.48. The van der Waals surface area contributed by atoms with Crippen molar-refractivity contribution in [2.75, 3.05) is 26.7 Å². The molecule has 0 spiro atoms. The van der Waals surface area contributed by atoms with E-state index in [4.69, 9.17) is 0 Å². The number of guanidine groups is 1. The van der Waals surface area contributed by atoms with Gasteiger partial charge >= 0.3 is 6.18 Å². The average Bonchev–Trinajstić information content (AvgIpc) is 2.55. The Morgan fingerprint density at radius 1 is 1.21 bits per heavy atom. The lowest BCUT2D eigenvalue weighted by Crippen LogP contribution is -2.45. The molecule has 0 saturated carbocycles. The van der Waals surface area contributed by atoms with E-state index in [1.165, 1.54) is 6.07 Å². The molecule has 1 atom stereocenters. The van der Waals surface area contributed by atoms with Crippen LogP contribution in [0.3, 0.4) is 0 Å². The number of nitrogens with one attached hydrogen (secondary N) is 2. The molecule has 2 N–H and O–H groups in total. The molecule has 1 aromatic carbocycles. The number of hydrogen-bond donors (Lipinski definition) is 2. The zero-order valence-electron chi connectivity index (χ0n) is 14.7. The first-order valence-corrected chi connectivity index (χ1v) is 8.16. The van der Waals surface area contributed by atoms with Gasteiger partial charge in [-0.2, -0.15) is 13.2 Å². The predicted molar refractivity (Wildman–Crippen MR) is 92.0 cm³/mol. The summed E-state index contributed by atoms with van der Waals surface area (Å²) in [6, 6.07) is 5.64. The number of alkyl halides is 3. The van der Waals surface area contributed by atoms with E-state index in [1.54, 1.807) is 13.1 Å². The molecule has 0 radical (unpaired) electrons. The number of likely N-dealkylation sites (N-methyl/N-ethyl adjacent to an activating group) is 1. The van der Waals surface area contributed by atoms with Crippen molar-refractivity contribution in [1.29, 1.82) is 0 Å². The highest BCUT2D eigenvalue weighted by molar-refractivity contribution is 5.79. The predicted octanol–water partition coefficient (Wildman–Crippen LogP) is 3.10. The van der Waals surface area contributed by atoms with Crippen LogP contribution in [0.15, 0.2) is 29.3 Å². The number of hydrogen-bond acceptors (Lipinski definition) is 2. The smallest absolute Gasteiger partial charge is 0.355 e. The zero-order chi connectivity index (χ0) is 18.2. The van der Waals surface area contributed by atoms with Crippen LogP contribution in [-0.4, -0.2) is 43.6 Å². The lowest BCUT2D eigenvalue weighted by Gasteiger charge is -2.27. The van der Waals surface area contributed by atoms with Gasteiger partial charge in [0, 0.05) is 26.2 Å². The van der Waals surface area contributed by atoms with Crippen LogP contribution in [0.2, 0.25) is 0 Å². The van der Waals surface area contributed by atoms with Crippen LogP contribution in [0, 0.1) is 0 Å². The van der Waals surface area contributed by atoms with Crippen molar-refractivity contribution in [3.05, 3.63) is 35.4 Å². The minimum Gasteiger partial charge on any atom is -0.355 e. The lowest BCUT2D eigenvalue weighted by molar-refractivity contribution is -0.137. The zero-order valence-corrected chi connectivity index (χ0v) is 14.7. The standard InChI is InChI=1S/C17H27F3N4/c1-5-24(6-2)13(3)11-22-16(21-4)23-12-14-8-7-9-15(10-14)17(18,19)20/h7-10,13H,5-6,11-12H2,1-4H3,(H2,21,22,23). The second-order valence-corrected chi connectivity index (χ2v) is 5.58. The first-order valence-electron chi connectivity index (χ1n) is 8.16. The van der Waals surface area contributed by atoms with E-state index >= 15 is 0 Å². The van der Waals surface area contributed by atoms with E-state index < -0.39 is 11.7 Å². The maximum atomic E-state index is 12.7. The van der Waals surface area contributed by atoms with Crippen LogP contribution in [0.25, 0.3) is 0 Å². The summed E-state index contributed by atoms with van der Waals surface area (Å²) < 4.78 is 38.2. The summed E-state index contributed by atoms with van der Waals surface area (Å²) >= 11 is 0. The monoisotopic (exact) mass is 344 g/mol. The Balaban J connectivity index is 2.56. The van der Waals surface area contributed by atoms with Gasteiger partial charge < -0.3 is 10.6 Å². The molecule has 0 bridgehead atoms. The van der Waals surface area contributed by atoms with Crippen LogP contribution >= 0.6 is 0 Å². The minimum absolute atomic E-state index is 0.281. The molecule has 136 valence electrons. The number of nitrogens with zero attached hydrogens (tertiary/aromatic N) is 2. The number of rotatable bonds is 7. The Kier molecular flexibility index (Phi) is 8.04. The maximum Gasteiger partial charge on any atom is 0.416 e. The molecule has 0 aliphatic heterocycles. The Hall–Kier alpha value is -1.76. The summed E-state index contributed by atoms with van der Waals surface area (Å²) in [4.78, 5) is 6.42. The van der Waals surface area contributed by atoms with Crippen LogP contribution in [0.5, 0.6) is 0 Å². The van der Waals surface area contributed by atoms with Gasteiger partial charge in [-0.1, -0.05) is 26.0 Å². The third-order valence-corrected chi connectivity index (χ3v) is 3.94. The normalized spacial score (nSPS) is 13.9. The fraction of sp³-hybridized carbons (Fsp3) is 0.588. The van der Waals surface area contributed by atoms with Gasteiger partial charge in [-0.25, -0.2) is 0 Å². The second kappa shape index (κ2) is 9.52. The highest BCUT2D eigenvalue weighted by Crippen LogP contribution is 2.29. The van der Waals surface area contributed by atoms with Crippen molar-refractivity contribution >= 4 is 5.96 Å². The highest BCUT2D eigenvalue weighted by atomic mass is 19.4. The molecule has 7 heteroatoms.